The zero-order valence-electron chi connectivity index (χ0n) is 17.3. The van der Waals surface area contributed by atoms with Crippen molar-refractivity contribution < 1.29 is 4.79 Å². The third kappa shape index (κ3) is 4.35. The Balaban J connectivity index is 1.49. The number of unbranched alkanes of at least 4 members (excludes halogenated alkanes) is 2. The van der Waals surface area contributed by atoms with Crippen molar-refractivity contribution in [3.63, 3.8) is 0 Å². The van der Waals surface area contributed by atoms with Crippen molar-refractivity contribution in [1.29, 1.82) is 0 Å². The molecule has 4 rings (SSSR count). The van der Waals surface area contributed by atoms with Gasteiger partial charge in [0.15, 0.2) is 0 Å². The van der Waals surface area contributed by atoms with Gasteiger partial charge in [-0.2, -0.15) is 0 Å². The van der Waals surface area contributed by atoms with E-state index in [9.17, 15) is 4.79 Å². The molecule has 1 saturated heterocycles. The Kier molecular flexibility index (Phi) is 6.64. The van der Waals surface area contributed by atoms with E-state index in [0.717, 1.165) is 19.4 Å². The van der Waals surface area contributed by atoms with Gasteiger partial charge < -0.3 is 9.47 Å². The molecule has 0 spiro atoms. The molecule has 1 amide bonds. The molecule has 0 bridgehead atoms. The monoisotopic (exact) mass is 443 g/mol. The number of likely N-dealkylation sites (tertiary alicyclic amines) is 1. The Morgan fingerprint density at radius 1 is 1.17 bits per heavy atom. The van der Waals surface area contributed by atoms with Crippen molar-refractivity contribution in [2.24, 2.45) is 0 Å². The normalized spacial score (nSPS) is 15.1. The van der Waals surface area contributed by atoms with Crippen LogP contribution in [0.25, 0.3) is 10.9 Å². The van der Waals surface area contributed by atoms with Crippen molar-refractivity contribution in [1.82, 2.24) is 14.5 Å². The van der Waals surface area contributed by atoms with Crippen molar-refractivity contribution in [2.75, 3.05) is 13.1 Å². The number of piperidine rings is 1. The highest BCUT2D eigenvalue weighted by Crippen LogP contribution is 2.35. The van der Waals surface area contributed by atoms with E-state index in [2.05, 4.69) is 46.9 Å². The summed E-state index contributed by atoms with van der Waals surface area (Å²) < 4.78 is 2.41. The number of para-hydroxylation sites is 1. The quantitative estimate of drug-likeness (QED) is 0.319. The topological polar surface area (TPSA) is 38.1 Å². The van der Waals surface area contributed by atoms with Crippen LogP contribution in [0, 0.1) is 0 Å². The summed E-state index contributed by atoms with van der Waals surface area (Å²) in [6.07, 6.45) is 9.38. The van der Waals surface area contributed by atoms with Crippen LogP contribution in [0.15, 0.2) is 42.7 Å². The fourth-order valence-electron chi connectivity index (χ4n) is 4.45. The van der Waals surface area contributed by atoms with Crippen LogP contribution in [0.2, 0.25) is 10.2 Å². The minimum absolute atomic E-state index is 0.0876. The lowest BCUT2D eigenvalue weighted by molar-refractivity contribution is 0.0713. The standard InChI is InChI=1S/C24H27Cl2N3O/c1-2-3-6-11-29-16-21(19-7-4-5-8-22(19)29)17-9-12-28(13-10-17)24(30)20-14-18(25)15-27-23(20)26/h4-5,7-8,14-17H,2-3,6,9-13H2,1H3. The zero-order chi connectivity index (χ0) is 21.1. The first-order valence-corrected chi connectivity index (χ1v) is 11.5. The molecule has 0 atom stereocenters. The van der Waals surface area contributed by atoms with E-state index in [1.807, 2.05) is 4.90 Å². The van der Waals surface area contributed by atoms with Gasteiger partial charge in [-0.3, -0.25) is 4.79 Å². The van der Waals surface area contributed by atoms with Crippen molar-refractivity contribution in [3.8, 4) is 0 Å². The number of aryl methyl sites for hydroxylation is 1. The predicted octanol–water partition coefficient (Wildman–Crippen LogP) is 6.55. The maximum Gasteiger partial charge on any atom is 0.257 e. The summed E-state index contributed by atoms with van der Waals surface area (Å²) in [7, 11) is 0. The van der Waals surface area contributed by atoms with Crippen LogP contribution in [-0.2, 0) is 6.54 Å². The zero-order valence-corrected chi connectivity index (χ0v) is 18.8. The number of benzene rings is 1. The first kappa shape index (κ1) is 21.2. The highest BCUT2D eigenvalue weighted by molar-refractivity contribution is 6.34. The first-order valence-electron chi connectivity index (χ1n) is 10.8. The number of pyridine rings is 1. The van der Waals surface area contributed by atoms with Crippen molar-refractivity contribution >= 4 is 40.0 Å². The minimum Gasteiger partial charge on any atom is -0.347 e. The Morgan fingerprint density at radius 3 is 2.70 bits per heavy atom. The molecule has 6 heteroatoms. The summed E-state index contributed by atoms with van der Waals surface area (Å²) in [5, 5.41) is 1.98. The second-order valence-corrected chi connectivity index (χ2v) is 8.85. The molecule has 0 N–H and O–H groups in total. The van der Waals surface area contributed by atoms with Gasteiger partial charge in [-0.1, -0.05) is 61.2 Å². The van der Waals surface area contributed by atoms with E-state index in [4.69, 9.17) is 23.2 Å². The summed E-state index contributed by atoms with van der Waals surface area (Å²) in [6, 6.07) is 10.3. The van der Waals surface area contributed by atoms with Gasteiger partial charge in [0.05, 0.1) is 10.6 Å². The maximum absolute atomic E-state index is 12.9. The molecule has 1 fully saturated rings. The van der Waals surface area contributed by atoms with E-state index in [1.54, 1.807) is 6.07 Å². The summed E-state index contributed by atoms with van der Waals surface area (Å²) in [6.45, 7) is 4.72. The molecule has 0 saturated carbocycles. The number of rotatable bonds is 6. The van der Waals surface area contributed by atoms with E-state index in [1.165, 1.54) is 41.9 Å². The maximum atomic E-state index is 12.9. The number of fused-ring (bicyclic) bond motifs is 1. The predicted molar refractivity (Wildman–Crippen MR) is 124 cm³/mol. The Morgan fingerprint density at radius 2 is 1.93 bits per heavy atom. The molecule has 4 nitrogen and oxygen atoms in total. The second kappa shape index (κ2) is 9.40. The molecule has 1 aliphatic rings. The smallest absolute Gasteiger partial charge is 0.257 e. The molecule has 2 aromatic heterocycles. The largest absolute Gasteiger partial charge is 0.347 e. The molecule has 0 radical (unpaired) electrons. The highest BCUT2D eigenvalue weighted by Gasteiger charge is 2.28. The van der Waals surface area contributed by atoms with Crippen LogP contribution < -0.4 is 0 Å². The lowest BCUT2D eigenvalue weighted by atomic mass is 9.89. The van der Waals surface area contributed by atoms with Crippen LogP contribution in [-0.4, -0.2) is 33.4 Å². The number of hydrogen-bond donors (Lipinski definition) is 0. The van der Waals surface area contributed by atoms with Crippen LogP contribution in [0.4, 0.5) is 0 Å². The highest BCUT2D eigenvalue weighted by atomic mass is 35.5. The van der Waals surface area contributed by atoms with E-state index >= 15 is 0 Å². The first-order chi connectivity index (χ1) is 14.6. The molecule has 3 aromatic rings. The summed E-state index contributed by atoms with van der Waals surface area (Å²) in [5.41, 5.74) is 3.12. The van der Waals surface area contributed by atoms with E-state index in [-0.39, 0.29) is 11.1 Å². The van der Waals surface area contributed by atoms with Crippen LogP contribution in [0.3, 0.4) is 0 Å². The van der Waals surface area contributed by atoms with Gasteiger partial charge in [0.1, 0.15) is 5.15 Å². The number of amides is 1. The molecule has 1 aliphatic heterocycles. The Bertz CT molecular complexity index is 1040. The van der Waals surface area contributed by atoms with Gasteiger partial charge >= 0.3 is 0 Å². The molecule has 30 heavy (non-hydrogen) atoms. The van der Waals surface area contributed by atoms with Gasteiger partial charge in [0.25, 0.3) is 5.91 Å². The van der Waals surface area contributed by atoms with Gasteiger partial charge in [0, 0.05) is 42.9 Å². The molecular weight excluding hydrogens is 417 g/mol. The van der Waals surface area contributed by atoms with E-state index < -0.39 is 0 Å². The number of carbonyl (C=O) groups excluding carboxylic acids is 1. The Labute approximate surface area is 187 Å². The lowest BCUT2D eigenvalue weighted by Crippen LogP contribution is -2.38. The minimum atomic E-state index is -0.0876. The van der Waals surface area contributed by atoms with E-state index in [0.29, 0.717) is 29.6 Å². The SMILES string of the molecule is CCCCCn1cc(C2CCN(C(=O)c3cc(Cl)cnc3Cl)CC2)c2ccccc21. The van der Waals surface area contributed by atoms with Gasteiger partial charge in [0.2, 0.25) is 0 Å². The number of aromatic nitrogens is 2. The molecule has 0 unspecified atom stereocenters. The second-order valence-electron chi connectivity index (χ2n) is 8.06. The summed E-state index contributed by atoms with van der Waals surface area (Å²) in [4.78, 5) is 18.8. The molecule has 158 valence electrons. The third-order valence-electron chi connectivity index (χ3n) is 6.08. The molecule has 3 heterocycles. The molecule has 1 aromatic carbocycles. The fourth-order valence-corrected chi connectivity index (χ4v) is 4.80. The Hall–Kier alpha value is -2.04. The number of hydrogen-bond acceptors (Lipinski definition) is 2. The van der Waals surface area contributed by atoms with Gasteiger partial charge in [-0.05, 0) is 42.9 Å². The number of halogens is 2. The number of carbonyl (C=O) groups is 1. The van der Waals surface area contributed by atoms with Gasteiger partial charge in [-0.15, -0.1) is 0 Å². The molecular formula is C24H27Cl2N3O. The van der Waals surface area contributed by atoms with Crippen LogP contribution >= 0.6 is 23.2 Å². The number of nitrogens with zero attached hydrogens (tertiary/aromatic N) is 3. The molecule has 0 aliphatic carbocycles. The summed E-state index contributed by atoms with van der Waals surface area (Å²) >= 11 is 12.1. The van der Waals surface area contributed by atoms with Crippen LogP contribution in [0.5, 0.6) is 0 Å². The third-order valence-corrected chi connectivity index (χ3v) is 6.59. The van der Waals surface area contributed by atoms with Crippen molar-refractivity contribution in [2.45, 2.75) is 51.5 Å². The summed E-state index contributed by atoms with van der Waals surface area (Å²) in [5.74, 6) is 0.370. The average Bonchev–Trinajstić information content (AvgIpc) is 3.14. The lowest BCUT2D eigenvalue weighted by Gasteiger charge is -2.32. The van der Waals surface area contributed by atoms with Gasteiger partial charge in [-0.25, -0.2) is 4.98 Å². The van der Waals surface area contributed by atoms with Crippen LogP contribution in [0.1, 0.15) is 60.9 Å². The fraction of sp³-hybridized carbons (Fsp3) is 0.417. The van der Waals surface area contributed by atoms with Crippen molar-refractivity contribution in [3.05, 3.63) is 64.0 Å². The average molecular weight is 444 g/mol.